The lowest BCUT2D eigenvalue weighted by Gasteiger charge is -2.13. The van der Waals surface area contributed by atoms with Crippen molar-refractivity contribution in [2.24, 2.45) is 0 Å². The number of hydrogen-bond donors (Lipinski definition) is 1. The summed E-state index contributed by atoms with van der Waals surface area (Å²) in [6.07, 6.45) is 3.47. The lowest BCUT2D eigenvalue weighted by Crippen LogP contribution is -2.28. The van der Waals surface area contributed by atoms with Gasteiger partial charge in [-0.1, -0.05) is 30.3 Å². The van der Waals surface area contributed by atoms with E-state index >= 15 is 0 Å². The average molecular weight is 258 g/mol. The van der Waals surface area contributed by atoms with Gasteiger partial charge < -0.3 is 10.1 Å². The Hall–Kier alpha value is -1.86. The van der Waals surface area contributed by atoms with Gasteiger partial charge in [0.25, 0.3) is 0 Å². The summed E-state index contributed by atoms with van der Waals surface area (Å²) in [5.74, 6) is -0.0918. The van der Waals surface area contributed by atoms with Crippen LogP contribution in [0.5, 0.6) is 0 Å². The number of carbonyl (C=O) groups excluding carboxylic acids is 1. The van der Waals surface area contributed by atoms with E-state index < -0.39 is 6.04 Å². The molecule has 0 aromatic heterocycles. The molecule has 0 bridgehead atoms. The van der Waals surface area contributed by atoms with E-state index in [4.69, 9.17) is 10.00 Å². The van der Waals surface area contributed by atoms with Gasteiger partial charge in [-0.2, -0.15) is 5.26 Å². The standard InChI is InChI=1S/C15H18N2O2/c16-11-14(12-5-2-1-3-6-12)17-15(18)9-8-13-7-4-10-19-13/h1-3,5-6,13-14H,4,7-10H2,(H,17,18). The van der Waals surface area contributed by atoms with E-state index in [9.17, 15) is 4.79 Å². The number of rotatable bonds is 5. The largest absolute Gasteiger partial charge is 0.378 e. The minimum Gasteiger partial charge on any atom is -0.378 e. The first-order valence-electron chi connectivity index (χ1n) is 6.65. The fourth-order valence-corrected chi connectivity index (χ4v) is 2.23. The molecule has 4 nitrogen and oxygen atoms in total. The van der Waals surface area contributed by atoms with Crippen LogP contribution in [0.15, 0.2) is 30.3 Å². The highest BCUT2D eigenvalue weighted by Crippen LogP contribution is 2.17. The predicted octanol–water partition coefficient (Wildman–Crippen LogP) is 2.33. The smallest absolute Gasteiger partial charge is 0.221 e. The molecule has 0 radical (unpaired) electrons. The van der Waals surface area contributed by atoms with Gasteiger partial charge in [0.05, 0.1) is 12.2 Å². The van der Waals surface area contributed by atoms with Crippen molar-refractivity contribution in [1.82, 2.24) is 5.32 Å². The summed E-state index contributed by atoms with van der Waals surface area (Å²) in [7, 11) is 0. The van der Waals surface area contributed by atoms with Gasteiger partial charge in [0.1, 0.15) is 6.04 Å². The maximum Gasteiger partial charge on any atom is 0.221 e. The third kappa shape index (κ3) is 4.08. The zero-order valence-electron chi connectivity index (χ0n) is 10.8. The SMILES string of the molecule is N#CC(NC(=O)CCC1CCCO1)c1ccccc1. The van der Waals surface area contributed by atoms with Gasteiger partial charge in [0.15, 0.2) is 0 Å². The van der Waals surface area contributed by atoms with Crippen molar-refractivity contribution < 1.29 is 9.53 Å². The molecule has 0 aliphatic carbocycles. The summed E-state index contributed by atoms with van der Waals surface area (Å²) in [4.78, 5) is 11.8. The zero-order valence-corrected chi connectivity index (χ0v) is 10.8. The van der Waals surface area contributed by atoms with Gasteiger partial charge in [-0.25, -0.2) is 0 Å². The zero-order chi connectivity index (χ0) is 13.5. The van der Waals surface area contributed by atoms with E-state index in [1.54, 1.807) is 0 Å². The van der Waals surface area contributed by atoms with Gasteiger partial charge >= 0.3 is 0 Å². The summed E-state index contributed by atoms with van der Waals surface area (Å²) in [5, 5.41) is 11.9. The fraction of sp³-hybridized carbons (Fsp3) is 0.467. The molecular formula is C15H18N2O2. The molecule has 100 valence electrons. The highest BCUT2D eigenvalue weighted by molar-refractivity contribution is 5.76. The van der Waals surface area contributed by atoms with E-state index in [1.165, 1.54) is 0 Å². The number of benzene rings is 1. The number of nitriles is 1. The van der Waals surface area contributed by atoms with Crippen LogP contribution in [0.2, 0.25) is 0 Å². The molecule has 1 aliphatic rings. The van der Waals surface area contributed by atoms with Crippen molar-refractivity contribution >= 4 is 5.91 Å². The first kappa shape index (κ1) is 13.6. The second-order valence-electron chi connectivity index (χ2n) is 4.71. The van der Waals surface area contributed by atoms with Crippen LogP contribution in [0, 0.1) is 11.3 Å². The minimum absolute atomic E-state index is 0.0918. The molecular weight excluding hydrogens is 240 g/mol. The van der Waals surface area contributed by atoms with Gasteiger partial charge in [0, 0.05) is 13.0 Å². The summed E-state index contributed by atoms with van der Waals surface area (Å²) in [6, 6.07) is 10.8. The van der Waals surface area contributed by atoms with Crippen LogP contribution >= 0.6 is 0 Å². The van der Waals surface area contributed by atoms with E-state index in [0.717, 1.165) is 31.4 Å². The molecule has 2 unspecified atom stereocenters. The molecule has 1 aromatic rings. The quantitative estimate of drug-likeness (QED) is 0.881. The monoisotopic (exact) mass is 258 g/mol. The first-order chi connectivity index (χ1) is 9.29. The number of nitrogens with zero attached hydrogens (tertiary/aromatic N) is 1. The Bertz CT molecular complexity index is 447. The molecule has 1 aromatic carbocycles. The third-order valence-electron chi connectivity index (χ3n) is 3.28. The van der Waals surface area contributed by atoms with Crippen LogP contribution in [0.1, 0.15) is 37.3 Å². The number of carbonyl (C=O) groups is 1. The van der Waals surface area contributed by atoms with E-state index in [1.807, 2.05) is 30.3 Å². The average Bonchev–Trinajstić information content (AvgIpc) is 2.97. The van der Waals surface area contributed by atoms with Crippen LogP contribution in [0.4, 0.5) is 0 Å². The van der Waals surface area contributed by atoms with Crippen molar-refractivity contribution in [3.63, 3.8) is 0 Å². The molecule has 19 heavy (non-hydrogen) atoms. The molecule has 1 N–H and O–H groups in total. The normalized spacial score (nSPS) is 19.6. The lowest BCUT2D eigenvalue weighted by molar-refractivity contribution is -0.122. The Labute approximate surface area is 113 Å². The summed E-state index contributed by atoms with van der Waals surface area (Å²) in [5.41, 5.74) is 0.815. The van der Waals surface area contributed by atoms with Gasteiger partial charge in [0.2, 0.25) is 5.91 Å². The predicted molar refractivity (Wildman–Crippen MR) is 71.1 cm³/mol. The lowest BCUT2D eigenvalue weighted by atomic mass is 10.1. The molecule has 1 amide bonds. The van der Waals surface area contributed by atoms with E-state index in [0.29, 0.717) is 6.42 Å². The maximum atomic E-state index is 11.8. The Balaban J connectivity index is 1.81. The highest BCUT2D eigenvalue weighted by atomic mass is 16.5. The summed E-state index contributed by atoms with van der Waals surface area (Å²) >= 11 is 0. The van der Waals surface area contributed by atoms with Crippen molar-refractivity contribution in [2.45, 2.75) is 37.8 Å². The fourth-order valence-electron chi connectivity index (χ4n) is 2.23. The van der Waals surface area contributed by atoms with Gasteiger partial charge in [-0.15, -0.1) is 0 Å². The number of hydrogen-bond acceptors (Lipinski definition) is 3. The number of ether oxygens (including phenoxy) is 1. The Morgan fingerprint density at radius 3 is 2.89 bits per heavy atom. The Kier molecular flexibility index (Phi) is 4.93. The number of amides is 1. The highest BCUT2D eigenvalue weighted by Gasteiger charge is 2.18. The topological polar surface area (TPSA) is 62.1 Å². The minimum atomic E-state index is -0.571. The molecule has 1 saturated heterocycles. The maximum absolute atomic E-state index is 11.8. The second-order valence-corrected chi connectivity index (χ2v) is 4.71. The molecule has 1 heterocycles. The Morgan fingerprint density at radius 2 is 2.26 bits per heavy atom. The molecule has 0 spiro atoms. The van der Waals surface area contributed by atoms with Crippen molar-refractivity contribution in [3.05, 3.63) is 35.9 Å². The molecule has 1 fully saturated rings. The number of nitrogens with one attached hydrogen (secondary N) is 1. The molecule has 0 saturated carbocycles. The van der Waals surface area contributed by atoms with Crippen molar-refractivity contribution in [1.29, 1.82) is 5.26 Å². The third-order valence-corrected chi connectivity index (χ3v) is 3.28. The van der Waals surface area contributed by atoms with Crippen molar-refractivity contribution in [2.75, 3.05) is 6.61 Å². The van der Waals surface area contributed by atoms with Gasteiger partial charge in [-0.3, -0.25) is 4.79 Å². The van der Waals surface area contributed by atoms with E-state index in [2.05, 4.69) is 11.4 Å². The summed E-state index contributed by atoms with van der Waals surface area (Å²) in [6.45, 7) is 0.803. The molecule has 2 rings (SSSR count). The van der Waals surface area contributed by atoms with E-state index in [-0.39, 0.29) is 12.0 Å². The van der Waals surface area contributed by atoms with Crippen LogP contribution < -0.4 is 5.32 Å². The van der Waals surface area contributed by atoms with Crippen LogP contribution in [-0.4, -0.2) is 18.6 Å². The summed E-state index contributed by atoms with van der Waals surface area (Å²) < 4.78 is 5.47. The van der Waals surface area contributed by atoms with Crippen LogP contribution in [-0.2, 0) is 9.53 Å². The second kappa shape index (κ2) is 6.91. The van der Waals surface area contributed by atoms with Crippen LogP contribution in [0.25, 0.3) is 0 Å². The molecule has 2 atom stereocenters. The Morgan fingerprint density at radius 1 is 1.47 bits per heavy atom. The van der Waals surface area contributed by atoms with Crippen LogP contribution in [0.3, 0.4) is 0 Å². The molecule has 4 heteroatoms. The first-order valence-corrected chi connectivity index (χ1v) is 6.65. The van der Waals surface area contributed by atoms with Gasteiger partial charge in [-0.05, 0) is 24.8 Å². The van der Waals surface area contributed by atoms with Crippen molar-refractivity contribution in [3.8, 4) is 6.07 Å². The molecule has 1 aliphatic heterocycles.